The molecular formula is C4H3Cl2F. The van der Waals surface area contributed by atoms with Crippen LogP contribution in [0.2, 0.25) is 0 Å². The Labute approximate surface area is 51.2 Å². The van der Waals surface area contributed by atoms with Crippen LogP contribution in [0, 0.1) is 0 Å². The second kappa shape index (κ2) is 4.20. The van der Waals surface area contributed by atoms with Gasteiger partial charge in [-0.25, -0.2) is 4.39 Å². The molecule has 0 fully saturated rings. The first-order valence-electron chi connectivity index (χ1n) is 1.57. The molecule has 0 heterocycles. The predicted octanol–water partition coefficient (Wildman–Crippen LogP) is 2.43. The Bertz CT molecular complexity index is 102. The normalized spacial score (nSPS) is 7.29. The molecule has 7 heavy (non-hydrogen) atoms. The zero-order valence-corrected chi connectivity index (χ0v) is 4.93. The van der Waals surface area contributed by atoms with Gasteiger partial charge in [-0.3, -0.25) is 0 Å². The zero-order valence-electron chi connectivity index (χ0n) is 3.42. The average Bonchev–Trinajstić information content (AvgIpc) is 1.68. The Balaban J connectivity index is 3.74. The Hall–Kier alpha value is 0.0300. The van der Waals surface area contributed by atoms with Crippen molar-refractivity contribution in [3.05, 3.63) is 17.1 Å². The third kappa shape index (κ3) is 3.87. The summed E-state index contributed by atoms with van der Waals surface area (Å²) in [5.74, 6) is 0.113. The molecule has 0 aromatic carbocycles. The molecule has 0 nitrogen and oxygen atoms in total. The van der Waals surface area contributed by atoms with Crippen LogP contribution in [0.15, 0.2) is 17.1 Å². The van der Waals surface area contributed by atoms with Crippen LogP contribution in [0.1, 0.15) is 0 Å². The summed E-state index contributed by atoms with van der Waals surface area (Å²) >= 11 is 10.3. The maximum Gasteiger partial charge on any atom is 0.130 e. The summed E-state index contributed by atoms with van der Waals surface area (Å²) in [5, 5.41) is 0.184. The van der Waals surface area contributed by atoms with Gasteiger partial charge in [0.1, 0.15) is 6.33 Å². The van der Waals surface area contributed by atoms with E-state index in [1.165, 1.54) is 0 Å². The van der Waals surface area contributed by atoms with Gasteiger partial charge >= 0.3 is 0 Å². The molecule has 0 aliphatic heterocycles. The minimum Gasteiger partial charge on any atom is -0.206 e. The van der Waals surface area contributed by atoms with Crippen LogP contribution in [0.25, 0.3) is 0 Å². The number of rotatable bonds is 1. The van der Waals surface area contributed by atoms with E-state index in [1.807, 2.05) is 0 Å². The highest BCUT2D eigenvalue weighted by Crippen LogP contribution is 1.99. The maximum absolute atomic E-state index is 11.0. The topological polar surface area (TPSA) is 0 Å². The highest BCUT2D eigenvalue weighted by molar-refractivity contribution is 6.35. The average molecular weight is 141 g/mol. The number of allylic oxidation sites excluding steroid dienone is 1. The summed E-state index contributed by atoms with van der Waals surface area (Å²) in [4.78, 5) is 0. The van der Waals surface area contributed by atoms with Crippen molar-refractivity contribution in [1.29, 1.82) is 0 Å². The molecule has 0 atom stereocenters. The van der Waals surface area contributed by atoms with Crippen LogP contribution >= 0.6 is 23.2 Å². The van der Waals surface area contributed by atoms with E-state index in [1.54, 1.807) is 0 Å². The molecule has 0 rings (SSSR count). The van der Waals surface area contributed by atoms with E-state index in [0.29, 0.717) is 0 Å². The minimum absolute atomic E-state index is 0.113. The van der Waals surface area contributed by atoms with E-state index in [9.17, 15) is 4.39 Å². The SMILES string of the molecule is FC=C=C(Cl)CCl. The lowest BCUT2D eigenvalue weighted by atomic mass is 10.7. The second-order valence-corrected chi connectivity index (χ2v) is 1.52. The lowest BCUT2D eigenvalue weighted by Gasteiger charge is -1.75. The van der Waals surface area contributed by atoms with Crippen LogP contribution in [-0.2, 0) is 0 Å². The molecule has 0 amide bonds. The van der Waals surface area contributed by atoms with Gasteiger partial charge in [-0.1, -0.05) is 17.3 Å². The Kier molecular flexibility index (Phi) is 4.21. The Morgan fingerprint density at radius 3 is 2.57 bits per heavy atom. The van der Waals surface area contributed by atoms with E-state index in [4.69, 9.17) is 23.2 Å². The van der Waals surface area contributed by atoms with Crippen molar-refractivity contribution in [3.63, 3.8) is 0 Å². The monoisotopic (exact) mass is 140 g/mol. The summed E-state index contributed by atoms with van der Waals surface area (Å²) in [6, 6.07) is 0. The van der Waals surface area contributed by atoms with Crippen LogP contribution in [0.5, 0.6) is 0 Å². The molecule has 3 heteroatoms. The molecule has 0 bridgehead atoms. The van der Waals surface area contributed by atoms with Crippen LogP contribution in [0.4, 0.5) is 4.39 Å². The lowest BCUT2D eigenvalue weighted by Crippen LogP contribution is -1.63. The second-order valence-electron chi connectivity index (χ2n) is 0.792. The van der Waals surface area contributed by atoms with Crippen molar-refractivity contribution in [3.8, 4) is 0 Å². The molecule has 0 saturated carbocycles. The quantitative estimate of drug-likeness (QED) is 0.388. The van der Waals surface area contributed by atoms with Crippen molar-refractivity contribution in [2.75, 3.05) is 5.88 Å². The third-order valence-corrected chi connectivity index (χ3v) is 0.975. The third-order valence-electron chi connectivity index (χ3n) is 0.328. The van der Waals surface area contributed by atoms with E-state index in [2.05, 4.69) is 5.73 Å². The predicted molar refractivity (Wildman–Crippen MR) is 29.3 cm³/mol. The van der Waals surface area contributed by atoms with Crippen molar-refractivity contribution in [2.24, 2.45) is 0 Å². The number of hydrogen-bond donors (Lipinski definition) is 0. The molecule has 0 N–H and O–H groups in total. The highest BCUT2D eigenvalue weighted by atomic mass is 35.5. The molecule has 0 aromatic rings. The van der Waals surface area contributed by atoms with Crippen molar-refractivity contribution < 1.29 is 4.39 Å². The first-order valence-corrected chi connectivity index (χ1v) is 2.48. The Morgan fingerprint density at radius 1 is 1.86 bits per heavy atom. The lowest BCUT2D eigenvalue weighted by molar-refractivity contribution is 0.723. The fourth-order valence-corrected chi connectivity index (χ4v) is 0.216. The molecule has 0 aliphatic carbocycles. The van der Waals surface area contributed by atoms with Gasteiger partial charge in [-0.2, -0.15) is 0 Å². The van der Waals surface area contributed by atoms with E-state index in [-0.39, 0.29) is 17.2 Å². The molecule has 0 aliphatic rings. The fourth-order valence-electron chi connectivity index (χ4n) is 0.0978. The largest absolute Gasteiger partial charge is 0.206 e. The van der Waals surface area contributed by atoms with Gasteiger partial charge < -0.3 is 0 Å². The van der Waals surface area contributed by atoms with Gasteiger partial charge in [0.25, 0.3) is 0 Å². The van der Waals surface area contributed by atoms with Gasteiger partial charge in [-0.05, 0) is 0 Å². The first-order chi connectivity index (χ1) is 3.31. The van der Waals surface area contributed by atoms with Crippen LogP contribution < -0.4 is 0 Å². The fraction of sp³-hybridized carbons (Fsp3) is 0.250. The van der Waals surface area contributed by atoms with Crippen LogP contribution in [0.3, 0.4) is 0 Å². The van der Waals surface area contributed by atoms with Crippen molar-refractivity contribution in [1.82, 2.24) is 0 Å². The first kappa shape index (κ1) is 7.03. The molecular weight excluding hydrogens is 138 g/mol. The van der Waals surface area contributed by atoms with E-state index >= 15 is 0 Å². The van der Waals surface area contributed by atoms with Crippen LogP contribution in [-0.4, -0.2) is 5.88 Å². The molecule has 0 saturated heterocycles. The van der Waals surface area contributed by atoms with Crippen molar-refractivity contribution >= 4 is 23.2 Å². The highest BCUT2D eigenvalue weighted by Gasteiger charge is 1.79. The summed E-state index contributed by atoms with van der Waals surface area (Å²) in [6.45, 7) is 0. The molecule has 0 aromatic heterocycles. The summed E-state index contributed by atoms with van der Waals surface area (Å²) in [6.07, 6.45) is 0.227. The zero-order chi connectivity index (χ0) is 5.70. The van der Waals surface area contributed by atoms with Gasteiger partial charge in [0.15, 0.2) is 0 Å². The summed E-state index contributed by atoms with van der Waals surface area (Å²) in [7, 11) is 0. The maximum atomic E-state index is 11.0. The van der Waals surface area contributed by atoms with Gasteiger partial charge in [0.2, 0.25) is 0 Å². The Morgan fingerprint density at radius 2 is 2.43 bits per heavy atom. The minimum atomic E-state index is 0.113. The standard InChI is InChI=1S/C4H3Cl2F/c5-3-4(6)1-2-7/h2H,3H2. The molecule has 40 valence electrons. The van der Waals surface area contributed by atoms with E-state index in [0.717, 1.165) is 0 Å². The molecule has 0 radical (unpaired) electrons. The smallest absolute Gasteiger partial charge is 0.130 e. The number of alkyl halides is 1. The van der Waals surface area contributed by atoms with E-state index < -0.39 is 0 Å². The van der Waals surface area contributed by atoms with Gasteiger partial charge in [0.05, 0.1) is 10.9 Å². The molecule has 0 spiro atoms. The van der Waals surface area contributed by atoms with Gasteiger partial charge in [-0.15, -0.1) is 11.6 Å². The summed E-state index contributed by atoms with van der Waals surface area (Å²) in [5.41, 5.74) is 2.05. The number of halogens is 3. The van der Waals surface area contributed by atoms with Crippen molar-refractivity contribution in [2.45, 2.75) is 0 Å². The number of hydrogen-bond acceptors (Lipinski definition) is 0. The molecule has 0 unspecified atom stereocenters. The van der Waals surface area contributed by atoms with Gasteiger partial charge in [0, 0.05) is 0 Å². The summed E-state index contributed by atoms with van der Waals surface area (Å²) < 4.78 is 11.0.